The van der Waals surface area contributed by atoms with Crippen molar-refractivity contribution in [3.8, 4) is 136 Å². The average Bonchev–Trinajstić information content (AvgIpc) is 1.35. The Kier molecular flexibility index (Phi) is 15.6. The number of benzene rings is 17. The molecule has 21 aromatic rings. The minimum Gasteiger partial charge on any atom is -0.456 e. The highest BCUT2D eigenvalue weighted by molar-refractivity contribution is 6.14. The Morgan fingerprint density at radius 3 is 0.925 bits per heavy atom. The molecule has 560 valence electrons. The molecule has 10 nitrogen and oxygen atoms in total. The van der Waals surface area contributed by atoms with Crippen LogP contribution in [0.15, 0.2) is 413 Å². The van der Waals surface area contributed by atoms with E-state index < -0.39 is 10.8 Å². The first-order valence-electron chi connectivity index (χ1n) is 40.6. The van der Waals surface area contributed by atoms with Crippen molar-refractivity contribution in [3.05, 3.63) is 457 Å². The molecular formula is C110H68N8O2. The summed E-state index contributed by atoms with van der Waals surface area (Å²) < 4.78 is 19.1. The molecular weight excluding hydrogens is 1470 g/mol. The van der Waals surface area contributed by atoms with Crippen molar-refractivity contribution in [2.45, 2.75) is 10.8 Å². The molecule has 25 rings (SSSR count). The van der Waals surface area contributed by atoms with Crippen LogP contribution in [0, 0.1) is 0 Å². The van der Waals surface area contributed by atoms with Gasteiger partial charge in [0.2, 0.25) is 0 Å². The fourth-order valence-electron chi connectivity index (χ4n) is 19.5. The summed E-state index contributed by atoms with van der Waals surface area (Å²) in [6, 6.07) is 146. The lowest BCUT2D eigenvalue weighted by molar-refractivity contribution is 0.435. The summed E-state index contributed by atoms with van der Waals surface area (Å²) in [6.07, 6.45) is 0. The maximum absolute atomic E-state index is 7.10. The van der Waals surface area contributed by atoms with Crippen LogP contribution in [0.4, 0.5) is 0 Å². The van der Waals surface area contributed by atoms with E-state index in [0.29, 0.717) is 34.9 Å². The minimum absolute atomic E-state index is 0.609. The van der Waals surface area contributed by atoms with Crippen LogP contribution in [-0.4, -0.2) is 39.0 Å². The van der Waals surface area contributed by atoms with Gasteiger partial charge in [-0.25, -0.2) is 29.9 Å². The van der Waals surface area contributed by atoms with Gasteiger partial charge < -0.3 is 18.6 Å². The van der Waals surface area contributed by atoms with Crippen molar-refractivity contribution >= 4 is 43.6 Å². The Bertz CT molecular complexity index is 7660. The van der Waals surface area contributed by atoms with Crippen molar-refractivity contribution in [3.63, 3.8) is 0 Å². The number of hydrogen-bond donors (Lipinski definition) is 0. The highest BCUT2D eigenvalue weighted by Gasteiger charge is 2.53. The van der Waals surface area contributed by atoms with Gasteiger partial charge in [0, 0.05) is 88.3 Å². The van der Waals surface area contributed by atoms with Crippen LogP contribution in [0.3, 0.4) is 0 Å². The second-order valence-electron chi connectivity index (χ2n) is 31.0. The molecule has 2 spiro atoms. The highest BCUT2D eigenvalue weighted by atomic mass is 16.5. The zero-order valence-electron chi connectivity index (χ0n) is 64.7. The van der Waals surface area contributed by atoms with Gasteiger partial charge >= 0.3 is 0 Å². The van der Waals surface area contributed by atoms with E-state index in [1.807, 2.05) is 97.1 Å². The van der Waals surface area contributed by atoms with E-state index in [1.165, 1.54) is 82.8 Å². The largest absolute Gasteiger partial charge is 0.456 e. The summed E-state index contributed by atoms with van der Waals surface area (Å²) in [5.41, 5.74) is 27.3. The molecule has 120 heavy (non-hydrogen) atoms. The minimum atomic E-state index is -0.651. The number of ether oxygens (including phenoxy) is 2. The first-order valence-corrected chi connectivity index (χ1v) is 40.6. The summed E-state index contributed by atoms with van der Waals surface area (Å²) in [5.74, 6) is 7.14. The summed E-state index contributed by atoms with van der Waals surface area (Å²) in [7, 11) is 0. The van der Waals surface area contributed by atoms with Gasteiger partial charge in [-0.3, -0.25) is 0 Å². The maximum Gasteiger partial charge on any atom is 0.164 e. The van der Waals surface area contributed by atoms with Gasteiger partial charge in [-0.05, 0) is 87.0 Å². The lowest BCUT2D eigenvalue weighted by Gasteiger charge is -2.45. The second kappa shape index (κ2) is 27.3. The van der Waals surface area contributed by atoms with Crippen LogP contribution >= 0.6 is 0 Å². The molecule has 2 atom stereocenters. The van der Waals surface area contributed by atoms with Crippen LogP contribution in [0.25, 0.3) is 157 Å². The molecule has 10 heteroatoms. The van der Waals surface area contributed by atoms with Crippen LogP contribution in [0.2, 0.25) is 0 Å². The van der Waals surface area contributed by atoms with Gasteiger partial charge in [0.05, 0.1) is 44.3 Å². The first kappa shape index (κ1) is 68.4. The third-order valence-corrected chi connectivity index (χ3v) is 24.6. The predicted octanol–water partition coefficient (Wildman–Crippen LogP) is 26.5. The molecule has 0 bridgehead atoms. The molecule has 2 unspecified atom stereocenters. The lowest BCUT2D eigenvalue weighted by atomic mass is 9.61. The third-order valence-electron chi connectivity index (χ3n) is 24.6. The molecule has 4 aliphatic rings. The van der Waals surface area contributed by atoms with Gasteiger partial charge in [-0.2, -0.15) is 0 Å². The molecule has 4 aromatic heterocycles. The average molecular weight is 1530 g/mol. The van der Waals surface area contributed by atoms with E-state index >= 15 is 0 Å². The molecule has 8 heterocycles. The van der Waals surface area contributed by atoms with E-state index in [9.17, 15) is 0 Å². The Balaban J connectivity index is 0.000000137. The van der Waals surface area contributed by atoms with E-state index in [-0.39, 0.29) is 0 Å². The molecule has 0 saturated heterocycles. The smallest absolute Gasteiger partial charge is 0.164 e. The summed E-state index contributed by atoms with van der Waals surface area (Å²) in [5, 5.41) is 4.98. The number of nitrogens with zero attached hydrogens (tertiary/aromatic N) is 8. The quantitative estimate of drug-likeness (QED) is 0.141. The Hall–Kier alpha value is -16.0. The van der Waals surface area contributed by atoms with E-state index in [4.69, 9.17) is 39.4 Å². The number of hydrogen-bond acceptors (Lipinski definition) is 8. The summed E-state index contributed by atoms with van der Waals surface area (Å²) in [4.78, 5) is 30.1. The van der Waals surface area contributed by atoms with Crippen molar-refractivity contribution in [2.75, 3.05) is 0 Å². The van der Waals surface area contributed by atoms with Gasteiger partial charge in [0.25, 0.3) is 0 Å². The predicted molar refractivity (Wildman–Crippen MR) is 481 cm³/mol. The molecule has 0 radical (unpaired) electrons. The number of aromatic nitrogens is 8. The number of para-hydroxylation sites is 10. The highest BCUT2D eigenvalue weighted by Crippen LogP contribution is 2.64. The van der Waals surface area contributed by atoms with Gasteiger partial charge in [0.1, 0.15) is 23.0 Å². The molecule has 17 aromatic carbocycles. The molecule has 0 aliphatic carbocycles. The molecule has 0 N–H and O–H groups in total. The summed E-state index contributed by atoms with van der Waals surface area (Å²) in [6.45, 7) is 0. The summed E-state index contributed by atoms with van der Waals surface area (Å²) >= 11 is 0. The van der Waals surface area contributed by atoms with Gasteiger partial charge in [0.15, 0.2) is 34.9 Å². The SMILES string of the molecule is c1ccc(-c2ccc(-c3nc(-c4ccccc4)nc(-c4ccc(-c5cccc6c5Oc5ccccc5C65c6ccccc6-n6c7ccccc7c7cccc5c76)cc4)n3)cc2)cc1.c1ccc(-c2nc(-c3ccccc3)nc(-c3cccc(-c4cccc5c4Oc4ccccc4C54c5ccccc5-n5c6ccccc6c6cccc4c65)c3)n2)cc1. The zero-order chi connectivity index (χ0) is 79.0. The molecule has 0 saturated carbocycles. The van der Waals surface area contributed by atoms with E-state index in [0.717, 1.165) is 106 Å². The second-order valence-corrected chi connectivity index (χ2v) is 31.0. The zero-order valence-corrected chi connectivity index (χ0v) is 64.7. The topological polar surface area (TPSA) is 106 Å². The standard InChI is InChI=1S/C58H36N4O.C52H32N4O/c1-3-15-37(16-4-1)38-29-33-41(34-30-38)56-59-55(40-17-5-2-6-18-40)60-57(61-56)42-35-31-39(32-36-42)43-20-13-25-49-54(43)63-52-28-12-9-23-47(52)58(49)46-22-8-11-27-51(46)62-50-26-10-7-19-44(50)45-21-14-24-48(58)53(45)62;1-3-16-33(17-4-1)49-53-50(34-18-5-2-6-19-34)55-51(54-49)36-21-13-20-35(32-36)37-23-14-28-43-48(37)57-46-31-12-9-26-41(46)52(43)40-25-8-11-30-45(40)56-44-29-10-7-22-38(44)39-24-15-27-42(52)47(39)56/h1-36H;1-32H. The van der Waals surface area contributed by atoms with Gasteiger partial charge in [-0.15, -0.1) is 0 Å². The van der Waals surface area contributed by atoms with Crippen molar-refractivity contribution in [1.82, 2.24) is 39.0 Å². The van der Waals surface area contributed by atoms with Crippen molar-refractivity contribution < 1.29 is 9.47 Å². The van der Waals surface area contributed by atoms with Crippen molar-refractivity contribution in [1.29, 1.82) is 0 Å². The molecule has 4 aliphatic heterocycles. The maximum atomic E-state index is 7.10. The van der Waals surface area contributed by atoms with Gasteiger partial charge in [-0.1, -0.05) is 370 Å². The van der Waals surface area contributed by atoms with Crippen LogP contribution in [0.1, 0.15) is 44.5 Å². The van der Waals surface area contributed by atoms with Crippen LogP contribution in [-0.2, 0) is 10.8 Å². The van der Waals surface area contributed by atoms with E-state index in [1.54, 1.807) is 0 Å². The number of rotatable bonds is 9. The van der Waals surface area contributed by atoms with Crippen LogP contribution in [0.5, 0.6) is 23.0 Å². The monoisotopic (exact) mass is 1530 g/mol. The first-order chi connectivity index (χ1) is 59.5. The van der Waals surface area contributed by atoms with Crippen molar-refractivity contribution in [2.24, 2.45) is 0 Å². The Morgan fingerprint density at radius 2 is 0.475 bits per heavy atom. The molecule has 0 amide bonds. The third kappa shape index (κ3) is 10.4. The fourth-order valence-corrected chi connectivity index (χ4v) is 19.5. The Labute approximate surface area is 691 Å². The lowest BCUT2D eigenvalue weighted by Crippen LogP contribution is -2.37. The molecule has 0 fully saturated rings. The van der Waals surface area contributed by atoms with Crippen LogP contribution < -0.4 is 9.47 Å². The Morgan fingerprint density at radius 1 is 0.192 bits per heavy atom. The van der Waals surface area contributed by atoms with E-state index in [2.05, 4.69) is 325 Å². The normalized spacial score (nSPS) is 14.7. The fraction of sp³-hybridized carbons (Fsp3) is 0.0182. The number of fused-ring (bicyclic) bond motifs is 22.